The van der Waals surface area contributed by atoms with Gasteiger partial charge in [-0.05, 0) is 39.7 Å². The topological polar surface area (TPSA) is 36.4 Å². The van der Waals surface area contributed by atoms with Crippen molar-refractivity contribution in [2.45, 2.75) is 13.2 Å². The number of aromatic nitrogens is 1. The van der Waals surface area contributed by atoms with E-state index in [9.17, 15) is 9.50 Å². The van der Waals surface area contributed by atoms with Crippen LogP contribution in [0, 0.1) is 5.82 Å². The molecule has 0 amide bonds. The molecule has 1 aromatic heterocycles. The predicted octanol–water partition coefficient (Wildman–Crippen LogP) is 3.11. The highest BCUT2D eigenvalue weighted by molar-refractivity contribution is 9.10. The number of aliphatic hydroxyl groups excluding tert-OH is 1. The number of anilines is 1. The predicted molar refractivity (Wildman–Crippen MR) is 76.4 cm³/mol. The first kappa shape index (κ1) is 14.0. The normalized spacial score (nSPS) is 10.5. The van der Waals surface area contributed by atoms with Gasteiger partial charge in [0.15, 0.2) is 0 Å². The molecule has 0 spiro atoms. The smallest absolute Gasteiger partial charge is 0.134 e. The molecule has 0 aliphatic carbocycles. The van der Waals surface area contributed by atoms with E-state index in [1.165, 1.54) is 12.1 Å². The molecule has 0 atom stereocenters. The Kier molecular flexibility index (Phi) is 4.50. The molecule has 0 aliphatic heterocycles. The molecule has 19 heavy (non-hydrogen) atoms. The summed E-state index contributed by atoms with van der Waals surface area (Å²) in [6, 6.07) is 8.19. The van der Waals surface area contributed by atoms with Crippen molar-refractivity contribution < 1.29 is 9.50 Å². The van der Waals surface area contributed by atoms with Gasteiger partial charge in [-0.15, -0.1) is 0 Å². The lowest BCUT2D eigenvalue weighted by Crippen LogP contribution is -2.19. The van der Waals surface area contributed by atoms with Gasteiger partial charge < -0.3 is 10.0 Å². The van der Waals surface area contributed by atoms with Gasteiger partial charge in [0.05, 0.1) is 6.61 Å². The summed E-state index contributed by atoms with van der Waals surface area (Å²) in [5.74, 6) is 0.472. The lowest BCUT2D eigenvalue weighted by atomic mass is 10.2. The molecule has 1 aromatic carbocycles. The van der Waals surface area contributed by atoms with E-state index in [2.05, 4.69) is 20.9 Å². The molecule has 100 valence electrons. The molecule has 2 rings (SSSR count). The van der Waals surface area contributed by atoms with Crippen molar-refractivity contribution in [1.82, 2.24) is 4.98 Å². The maximum atomic E-state index is 12.8. The zero-order chi connectivity index (χ0) is 13.8. The van der Waals surface area contributed by atoms with Crippen molar-refractivity contribution in [3.8, 4) is 0 Å². The zero-order valence-corrected chi connectivity index (χ0v) is 12.1. The fraction of sp³-hybridized carbons (Fsp3) is 0.214. The molecule has 0 aliphatic rings. The van der Waals surface area contributed by atoms with Crippen LogP contribution in [0.25, 0.3) is 0 Å². The molecule has 1 heterocycles. The Morgan fingerprint density at radius 1 is 1.32 bits per heavy atom. The highest BCUT2D eigenvalue weighted by Gasteiger charge is 2.09. The molecule has 0 saturated carbocycles. The van der Waals surface area contributed by atoms with Gasteiger partial charge in [-0.25, -0.2) is 9.37 Å². The van der Waals surface area contributed by atoms with Gasteiger partial charge in [0, 0.05) is 29.8 Å². The van der Waals surface area contributed by atoms with Crippen LogP contribution in [0.1, 0.15) is 11.1 Å². The van der Waals surface area contributed by atoms with Gasteiger partial charge in [-0.1, -0.05) is 12.1 Å². The summed E-state index contributed by atoms with van der Waals surface area (Å²) in [5, 5.41) is 9.36. The highest BCUT2D eigenvalue weighted by Crippen LogP contribution is 2.22. The van der Waals surface area contributed by atoms with E-state index < -0.39 is 0 Å². The molecule has 3 nitrogen and oxygen atoms in total. The van der Waals surface area contributed by atoms with Gasteiger partial charge in [0.1, 0.15) is 11.6 Å². The van der Waals surface area contributed by atoms with Gasteiger partial charge in [-0.2, -0.15) is 0 Å². The monoisotopic (exact) mass is 324 g/mol. The minimum absolute atomic E-state index is 0.0739. The molecular formula is C14H14BrFN2O. The Labute approximate surface area is 119 Å². The van der Waals surface area contributed by atoms with E-state index in [1.54, 1.807) is 18.3 Å². The first-order chi connectivity index (χ1) is 9.10. The summed E-state index contributed by atoms with van der Waals surface area (Å²) in [7, 11) is 1.89. The summed E-state index contributed by atoms with van der Waals surface area (Å²) in [6.07, 6.45) is 1.69. The van der Waals surface area contributed by atoms with Gasteiger partial charge in [0.25, 0.3) is 0 Å². The lowest BCUT2D eigenvalue weighted by molar-refractivity contribution is 0.281. The maximum absolute atomic E-state index is 12.8. The van der Waals surface area contributed by atoms with Crippen LogP contribution >= 0.6 is 15.9 Å². The van der Waals surface area contributed by atoms with E-state index >= 15 is 0 Å². The minimum Gasteiger partial charge on any atom is -0.392 e. The third-order valence-electron chi connectivity index (χ3n) is 2.77. The molecule has 2 aromatic rings. The minimum atomic E-state index is -0.246. The van der Waals surface area contributed by atoms with Crippen molar-refractivity contribution in [1.29, 1.82) is 0 Å². The van der Waals surface area contributed by atoms with Gasteiger partial charge in [0.2, 0.25) is 0 Å². The van der Waals surface area contributed by atoms with Crippen molar-refractivity contribution in [2.75, 3.05) is 11.9 Å². The van der Waals surface area contributed by atoms with Crippen LogP contribution in [0.5, 0.6) is 0 Å². The molecule has 1 N–H and O–H groups in total. The van der Waals surface area contributed by atoms with E-state index in [4.69, 9.17) is 0 Å². The Morgan fingerprint density at radius 2 is 2.00 bits per heavy atom. The number of halogens is 2. The number of aliphatic hydroxyl groups is 1. The lowest BCUT2D eigenvalue weighted by Gasteiger charge is -2.21. The van der Waals surface area contributed by atoms with Crippen molar-refractivity contribution in [2.24, 2.45) is 0 Å². The van der Waals surface area contributed by atoms with Crippen LogP contribution in [0.3, 0.4) is 0 Å². The van der Waals surface area contributed by atoms with Crippen molar-refractivity contribution >= 4 is 21.7 Å². The number of hydrogen-bond acceptors (Lipinski definition) is 3. The summed E-state index contributed by atoms with van der Waals surface area (Å²) < 4.78 is 13.7. The second-order valence-corrected chi connectivity index (χ2v) is 5.19. The summed E-state index contributed by atoms with van der Waals surface area (Å²) >= 11 is 3.33. The van der Waals surface area contributed by atoms with Crippen LogP contribution in [-0.2, 0) is 13.2 Å². The first-order valence-corrected chi connectivity index (χ1v) is 6.60. The molecule has 0 saturated heterocycles. The summed E-state index contributed by atoms with van der Waals surface area (Å²) in [4.78, 5) is 6.23. The second kappa shape index (κ2) is 6.12. The van der Waals surface area contributed by atoms with E-state index in [-0.39, 0.29) is 12.4 Å². The van der Waals surface area contributed by atoms with E-state index in [1.807, 2.05) is 18.0 Å². The number of nitrogens with zero attached hydrogens (tertiary/aromatic N) is 2. The third kappa shape index (κ3) is 3.52. The van der Waals surface area contributed by atoms with Crippen molar-refractivity contribution in [3.05, 3.63) is 57.9 Å². The zero-order valence-electron chi connectivity index (χ0n) is 10.5. The van der Waals surface area contributed by atoms with Crippen LogP contribution in [0.4, 0.5) is 10.2 Å². The van der Waals surface area contributed by atoms with Gasteiger partial charge >= 0.3 is 0 Å². The Morgan fingerprint density at radius 3 is 2.63 bits per heavy atom. The fourth-order valence-corrected chi connectivity index (χ4v) is 2.25. The largest absolute Gasteiger partial charge is 0.392 e. The van der Waals surface area contributed by atoms with Crippen LogP contribution < -0.4 is 4.90 Å². The highest BCUT2D eigenvalue weighted by atomic mass is 79.9. The average molecular weight is 325 g/mol. The number of pyridine rings is 1. The molecule has 0 radical (unpaired) electrons. The Bertz CT molecular complexity index is 560. The van der Waals surface area contributed by atoms with Crippen molar-refractivity contribution in [3.63, 3.8) is 0 Å². The number of rotatable bonds is 4. The van der Waals surface area contributed by atoms with E-state index in [0.717, 1.165) is 21.4 Å². The maximum Gasteiger partial charge on any atom is 0.134 e. The quantitative estimate of drug-likeness (QED) is 0.938. The molecule has 5 heteroatoms. The third-order valence-corrected chi connectivity index (χ3v) is 3.21. The van der Waals surface area contributed by atoms with Crippen LogP contribution in [-0.4, -0.2) is 17.1 Å². The Hall–Kier alpha value is -1.46. The first-order valence-electron chi connectivity index (χ1n) is 5.81. The van der Waals surface area contributed by atoms with Crippen LogP contribution in [0.15, 0.2) is 41.0 Å². The average Bonchev–Trinajstić information content (AvgIpc) is 2.41. The van der Waals surface area contributed by atoms with Crippen LogP contribution in [0.2, 0.25) is 0 Å². The second-order valence-electron chi connectivity index (χ2n) is 4.28. The SMILES string of the molecule is CN(Cc1ccc(F)cc1)c1ncc(Br)cc1CO. The standard InChI is InChI=1S/C14H14BrFN2O/c1-18(8-10-2-4-13(16)5-3-10)14-11(9-19)6-12(15)7-17-14/h2-7,19H,8-9H2,1H3. The van der Waals surface area contributed by atoms with Gasteiger partial charge in [-0.3, -0.25) is 0 Å². The molecule has 0 fully saturated rings. The Balaban J connectivity index is 2.19. The fourth-order valence-electron chi connectivity index (χ4n) is 1.87. The molecule has 0 unspecified atom stereocenters. The molecular weight excluding hydrogens is 311 g/mol. The number of hydrogen-bond donors (Lipinski definition) is 1. The molecule has 0 bridgehead atoms. The number of benzene rings is 1. The van der Waals surface area contributed by atoms with E-state index in [0.29, 0.717) is 6.54 Å². The summed E-state index contributed by atoms with van der Waals surface area (Å²) in [5.41, 5.74) is 1.73. The summed E-state index contributed by atoms with van der Waals surface area (Å²) in [6.45, 7) is 0.525.